The Morgan fingerprint density at radius 2 is 1.90 bits per heavy atom. The third kappa shape index (κ3) is 5.85. The van der Waals surface area contributed by atoms with E-state index >= 15 is 0 Å². The van der Waals surface area contributed by atoms with Crippen LogP contribution in [0.15, 0.2) is 24.3 Å². The number of carbonyl (C=O) groups excluding carboxylic acids is 1. The Bertz CT molecular complexity index is 470. The Labute approximate surface area is 125 Å². The first kappa shape index (κ1) is 17.0. The molecule has 0 radical (unpaired) electrons. The average molecular weight is 293 g/mol. The minimum atomic E-state index is -1.00. The van der Waals surface area contributed by atoms with Gasteiger partial charge in [-0.05, 0) is 25.0 Å². The quantitative estimate of drug-likeness (QED) is 0.771. The number of amides is 1. The van der Waals surface area contributed by atoms with Crippen LogP contribution in [0.4, 0.5) is 0 Å². The Hall–Kier alpha value is -2.04. The maximum Gasteiger partial charge on any atom is 0.326 e. The molecule has 0 aliphatic carbocycles. The molecule has 2 N–H and O–H groups in total. The molecule has 21 heavy (non-hydrogen) atoms. The third-order valence-electron chi connectivity index (χ3n) is 3.41. The highest BCUT2D eigenvalue weighted by molar-refractivity contribution is 5.83. The lowest BCUT2D eigenvalue weighted by Gasteiger charge is -2.20. The van der Waals surface area contributed by atoms with Gasteiger partial charge in [0.25, 0.3) is 0 Å². The average Bonchev–Trinajstić information content (AvgIpc) is 2.45. The molecule has 2 atom stereocenters. The van der Waals surface area contributed by atoms with Crippen molar-refractivity contribution in [2.45, 2.75) is 39.7 Å². The number of rotatable bonds is 8. The Balaban J connectivity index is 2.39. The summed E-state index contributed by atoms with van der Waals surface area (Å²) in [5, 5.41) is 11.7. The molecule has 1 aromatic carbocycles. The normalized spacial score (nSPS) is 13.3. The van der Waals surface area contributed by atoms with E-state index in [2.05, 4.69) is 5.32 Å². The summed E-state index contributed by atoms with van der Waals surface area (Å²) < 4.78 is 5.45. The number of hydrogen-bond donors (Lipinski definition) is 2. The van der Waals surface area contributed by atoms with E-state index in [1.54, 1.807) is 0 Å². The number of aliphatic carboxylic acids is 1. The highest BCUT2D eigenvalue weighted by atomic mass is 16.5. The Kier molecular flexibility index (Phi) is 6.72. The standard InChI is InChI=1S/C16H23NO4/c1-4-12(3)15(16(19)20)17-14(18)9-10-21-13-7-5-11(2)6-8-13/h5-8,12,15H,4,9-10H2,1-3H3,(H,17,18)(H,19,20). The zero-order valence-electron chi connectivity index (χ0n) is 12.8. The largest absolute Gasteiger partial charge is 0.493 e. The molecule has 0 saturated heterocycles. The number of nitrogens with one attached hydrogen (secondary N) is 1. The zero-order valence-corrected chi connectivity index (χ0v) is 12.8. The number of carboxylic acids is 1. The van der Waals surface area contributed by atoms with Crippen LogP contribution in [0.5, 0.6) is 5.75 Å². The van der Waals surface area contributed by atoms with Gasteiger partial charge in [-0.15, -0.1) is 0 Å². The van der Waals surface area contributed by atoms with Gasteiger partial charge < -0.3 is 15.2 Å². The van der Waals surface area contributed by atoms with Crippen LogP contribution in [0.3, 0.4) is 0 Å². The Morgan fingerprint density at radius 3 is 2.43 bits per heavy atom. The highest BCUT2D eigenvalue weighted by Gasteiger charge is 2.24. The van der Waals surface area contributed by atoms with Gasteiger partial charge in [-0.25, -0.2) is 4.79 Å². The number of carboxylic acid groups (broad SMARTS) is 1. The minimum Gasteiger partial charge on any atom is -0.493 e. The number of benzene rings is 1. The summed E-state index contributed by atoms with van der Waals surface area (Å²) in [5.41, 5.74) is 1.14. The lowest BCUT2D eigenvalue weighted by atomic mass is 9.99. The van der Waals surface area contributed by atoms with Crippen molar-refractivity contribution in [3.63, 3.8) is 0 Å². The fraction of sp³-hybridized carbons (Fsp3) is 0.500. The van der Waals surface area contributed by atoms with Gasteiger partial charge in [0, 0.05) is 0 Å². The van der Waals surface area contributed by atoms with Crippen LogP contribution in [-0.2, 0) is 9.59 Å². The zero-order chi connectivity index (χ0) is 15.8. The van der Waals surface area contributed by atoms with Crippen molar-refractivity contribution >= 4 is 11.9 Å². The molecule has 116 valence electrons. The second-order valence-electron chi connectivity index (χ2n) is 5.18. The topological polar surface area (TPSA) is 75.6 Å². The maximum atomic E-state index is 11.8. The van der Waals surface area contributed by atoms with Crippen molar-refractivity contribution in [3.8, 4) is 5.75 Å². The molecule has 0 bridgehead atoms. The summed E-state index contributed by atoms with van der Waals surface area (Å²) in [7, 11) is 0. The van der Waals surface area contributed by atoms with Gasteiger partial charge in [-0.1, -0.05) is 38.0 Å². The van der Waals surface area contributed by atoms with Crippen molar-refractivity contribution in [3.05, 3.63) is 29.8 Å². The predicted molar refractivity (Wildman–Crippen MR) is 80.3 cm³/mol. The smallest absolute Gasteiger partial charge is 0.326 e. The molecular weight excluding hydrogens is 270 g/mol. The second-order valence-corrected chi connectivity index (χ2v) is 5.18. The molecule has 0 aromatic heterocycles. The third-order valence-corrected chi connectivity index (χ3v) is 3.41. The molecule has 5 heteroatoms. The number of aryl methyl sites for hydroxylation is 1. The minimum absolute atomic E-state index is 0.107. The first-order valence-electron chi connectivity index (χ1n) is 7.15. The van der Waals surface area contributed by atoms with E-state index in [-0.39, 0.29) is 24.9 Å². The molecule has 1 aromatic rings. The fourth-order valence-electron chi connectivity index (χ4n) is 1.82. The monoisotopic (exact) mass is 293 g/mol. The van der Waals surface area contributed by atoms with Gasteiger partial charge in [0.2, 0.25) is 5.91 Å². The predicted octanol–water partition coefficient (Wildman–Crippen LogP) is 2.38. The van der Waals surface area contributed by atoms with E-state index in [0.717, 1.165) is 5.56 Å². The summed E-state index contributed by atoms with van der Waals surface area (Å²) >= 11 is 0. The highest BCUT2D eigenvalue weighted by Crippen LogP contribution is 2.12. The van der Waals surface area contributed by atoms with Crippen molar-refractivity contribution < 1.29 is 19.4 Å². The molecule has 5 nitrogen and oxygen atoms in total. The van der Waals surface area contributed by atoms with Crippen LogP contribution >= 0.6 is 0 Å². The van der Waals surface area contributed by atoms with Gasteiger partial charge in [0.1, 0.15) is 11.8 Å². The van der Waals surface area contributed by atoms with Crippen LogP contribution in [0.1, 0.15) is 32.3 Å². The molecular formula is C16H23NO4. The molecule has 0 aliphatic heterocycles. The molecule has 2 unspecified atom stereocenters. The van der Waals surface area contributed by atoms with Crippen molar-refractivity contribution in [1.82, 2.24) is 5.32 Å². The van der Waals surface area contributed by atoms with Gasteiger partial charge >= 0.3 is 5.97 Å². The SMILES string of the molecule is CCC(C)C(NC(=O)CCOc1ccc(C)cc1)C(=O)O. The summed E-state index contributed by atoms with van der Waals surface area (Å²) in [5.74, 6) is -0.721. The van der Waals surface area contributed by atoms with Crippen LogP contribution in [-0.4, -0.2) is 29.6 Å². The van der Waals surface area contributed by atoms with Gasteiger partial charge in [0.05, 0.1) is 13.0 Å². The summed E-state index contributed by atoms with van der Waals surface area (Å²) in [4.78, 5) is 22.9. The molecule has 0 spiro atoms. The molecule has 0 saturated carbocycles. The second kappa shape index (κ2) is 8.29. The van der Waals surface area contributed by atoms with Crippen LogP contribution in [0.2, 0.25) is 0 Å². The number of ether oxygens (including phenoxy) is 1. The van der Waals surface area contributed by atoms with E-state index in [1.807, 2.05) is 45.0 Å². The van der Waals surface area contributed by atoms with E-state index in [4.69, 9.17) is 9.84 Å². The van der Waals surface area contributed by atoms with E-state index in [9.17, 15) is 9.59 Å². The van der Waals surface area contributed by atoms with Gasteiger partial charge in [0.15, 0.2) is 0 Å². The molecule has 0 aliphatic rings. The summed E-state index contributed by atoms with van der Waals surface area (Å²) in [6.07, 6.45) is 0.825. The molecule has 1 amide bonds. The van der Waals surface area contributed by atoms with Crippen LogP contribution in [0.25, 0.3) is 0 Å². The van der Waals surface area contributed by atoms with Crippen molar-refractivity contribution in [2.75, 3.05) is 6.61 Å². The van der Waals surface area contributed by atoms with E-state index in [1.165, 1.54) is 0 Å². The summed E-state index contributed by atoms with van der Waals surface area (Å²) in [6.45, 7) is 5.91. The number of carbonyl (C=O) groups is 2. The van der Waals surface area contributed by atoms with Crippen molar-refractivity contribution in [1.29, 1.82) is 0 Å². The van der Waals surface area contributed by atoms with Crippen LogP contribution < -0.4 is 10.1 Å². The van der Waals surface area contributed by atoms with E-state index < -0.39 is 12.0 Å². The fourth-order valence-corrected chi connectivity index (χ4v) is 1.82. The summed E-state index contributed by atoms with van der Waals surface area (Å²) in [6, 6.07) is 6.69. The van der Waals surface area contributed by atoms with Gasteiger partial charge in [-0.3, -0.25) is 4.79 Å². The number of hydrogen-bond acceptors (Lipinski definition) is 3. The molecule has 0 fully saturated rings. The lowest BCUT2D eigenvalue weighted by Crippen LogP contribution is -2.45. The first-order chi connectivity index (χ1) is 9.93. The maximum absolute atomic E-state index is 11.8. The Morgan fingerprint density at radius 1 is 1.29 bits per heavy atom. The van der Waals surface area contributed by atoms with Gasteiger partial charge in [-0.2, -0.15) is 0 Å². The lowest BCUT2D eigenvalue weighted by molar-refractivity contribution is -0.143. The van der Waals surface area contributed by atoms with Crippen molar-refractivity contribution in [2.24, 2.45) is 5.92 Å². The molecule has 0 heterocycles. The first-order valence-corrected chi connectivity index (χ1v) is 7.15. The van der Waals surface area contributed by atoms with E-state index in [0.29, 0.717) is 12.2 Å². The van der Waals surface area contributed by atoms with Crippen LogP contribution in [0, 0.1) is 12.8 Å². The molecule has 1 rings (SSSR count).